The SMILES string of the molecule is OC(Cc1ccc(Cl)cc1)c1cc(F)cc(F)c1. The molecule has 1 atom stereocenters. The summed E-state index contributed by atoms with van der Waals surface area (Å²) in [7, 11) is 0. The van der Waals surface area contributed by atoms with E-state index in [1.807, 2.05) is 0 Å². The lowest BCUT2D eigenvalue weighted by Crippen LogP contribution is -2.03. The molecule has 0 aromatic heterocycles. The minimum Gasteiger partial charge on any atom is -0.388 e. The van der Waals surface area contributed by atoms with Crippen molar-refractivity contribution in [2.24, 2.45) is 0 Å². The molecule has 0 amide bonds. The van der Waals surface area contributed by atoms with Crippen molar-refractivity contribution in [2.45, 2.75) is 12.5 Å². The predicted octanol–water partition coefficient (Wildman–Crippen LogP) is 3.89. The van der Waals surface area contributed by atoms with Crippen LogP contribution in [0.5, 0.6) is 0 Å². The van der Waals surface area contributed by atoms with Gasteiger partial charge >= 0.3 is 0 Å². The van der Waals surface area contributed by atoms with Gasteiger partial charge in [0.15, 0.2) is 0 Å². The zero-order valence-corrected chi connectivity index (χ0v) is 10.2. The average Bonchev–Trinajstić information content (AvgIpc) is 2.31. The van der Waals surface area contributed by atoms with Crippen LogP contribution in [-0.2, 0) is 6.42 Å². The summed E-state index contributed by atoms with van der Waals surface area (Å²) in [5.41, 5.74) is 1.07. The largest absolute Gasteiger partial charge is 0.388 e. The Hall–Kier alpha value is -1.45. The molecule has 2 aromatic carbocycles. The summed E-state index contributed by atoms with van der Waals surface area (Å²) >= 11 is 5.75. The Bertz CT molecular complexity index is 520. The maximum Gasteiger partial charge on any atom is 0.126 e. The summed E-state index contributed by atoms with van der Waals surface area (Å²) in [6.07, 6.45) is -0.670. The molecule has 0 aliphatic rings. The van der Waals surface area contributed by atoms with Gasteiger partial charge in [-0.2, -0.15) is 0 Å². The Morgan fingerprint density at radius 1 is 1.00 bits per heavy atom. The van der Waals surface area contributed by atoms with E-state index in [0.717, 1.165) is 23.8 Å². The summed E-state index contributed by atoms with van der Waals surface area (Å²) in [4.78, 5) is 0. The van der Waals surface area contributed by atoms with Gasteiger partial charge in [-0.25, -0.2) is 8.78 Å². The quantitative estimate of drug-likeness (QED) is 0.895. The molecule has 1 nitrogen and oxygen atoms in total. The molecule has 4 heteroatoms. The second kappa shape index (κ2) is 5.46. The normalized spacial score (nSPS) is 12.4. The molecule has 0 bridgehead atoms. The maximum atomic E-state index is 13.0. The molecular formula is C14H11ClF2O. The lowest BCUT2D eigenvalue weighted by atomic mass is 10.0. The maximum absolute atomic E-state index is 13.0. The Morgan fingerprint density at radius 2 is 1.56 bits per heavy atom. The van der Waals surface area contributed by atoms with Gasteiger partial charge in [-0.05, 0) is 35.4 Å². The number of aliphatic hydroxyl groups excluding tert-OH is 1. The molecule has 0 saturated carbocycles. The highest BCUT2D eigenvalue weighted by Gasteiger charge is 2.11. The highest BCUT2D eigenvalue weighted by Crippen LogP contribution is 2.21. The Balaban J connectivity index is 2.16. The molecule has 0 fully saturated rings. The van der Waals surface area contributed by atoms with E-state index in [9.17, 15) is 13.9 Å². The van der Waals surface area contributed by atoms with Crippen LogP contribution < -0.4 is 0 Å². The van der Waals surface area contributed by atoms with E-state index in [-0.39, 0.29) is 12.0 Å². The van der Waals surface area contributed by atoms with Crippen LogP contribution in [-0.4, -0.2) is 5.11 Å². The number of rotatable bonds is 3. The lowest BCUT2D eigenvalue weighted by molar-refractivity contribution is 0.177. The second-order valence-electron chi connectivity index (χ2n) is 4.05. The number of aliphatic hydroxyl groups is 1. The Kier molecular flexibility index (Phi) is 3.94. The van der Waals surface area contributed by atoms with Crippen LogP contribution in [0.3, 0.4) is 0 Å². The first kappa shape index (κ1) is 13.0. The van der Waals surface area contributed by atoms with E-state index in [2.05, 4.69) is 0 Å². The van der Waals surface area contributed by atoms with E-state index in [1.54, 1.807) is 24.3 Å². The first-order valence-corrected chi connectivity index (χ1v) is 5.81. The van der Waals surface area contributed by atoms with E-state index < -0.39 is 17.7 Å². The summed E-state index contributed by atoms with van der Waals surface area (Å²) in [6.45, 7) is 0. The Labute approximate surface area is 109 Å². The molecule has 18 heavy (non-hydrogen) atoms. The van der Waals surface area contributed by atoms with E-state index in [0.29, 0.717) is 5.02 Å². The van der Waals surface area contributed by atoms with Crippen molar-refractivity contribution in [3.05, 3.63) is 70.2 Å². The highest BCUT2D eigenvalue weighted by atomic mass is 35.5. The van der Waals surface area contributed by atoms with Gasteiger partial charge in [0.05, 0.1) is 6.10 Å². The van der Waals surface area contributed by atoms with Crippen LogP contribution in [0, 0.1) is 11.6 Å². The monoisotopic (exact) mass is 268 g/mol. The number of halogens is 3. The van der Waals surface area contributed by atoms with Crippen molar-refractivity contribution in [3.63, 3.8) is 0 Å². The van der Waals surface area contributed by atoms with Gasteiger partial charge < -0.3 is 5.11 Å². The van der Waals surface area contributed by atoms with Crippen molar-refractivity contribution in [1.82, 2.24) is 0 Å². The smallest absolute Gasteiger partial charge is 0.126 e. The van der Waals surface area contributed by atoms with Crippen molar-refractivity contribution >= 4 is 11.6 Å². The average molecular weight is 269 g/mol. The first-order valence-electron chi connectivity index (χ1n) is 5.43. The van der Waals surface area contributed by atoms with Gasteiger partial charge in [0, 0.05) is 17.5 Å². The molecular weight excluding hydrogens is 258 g/mol. The van der Waals surface area contributed by atoms with E-state index in [4.69, 9.17) is 11.6 Å². The molecule has 0 aliphatic heterocycles. The van der Waals surface area contributed by atoms with Crippen LogP contribution in [0.1, 0.15) is 17.2 Å². The van der Waals surface area contributed by atoms with Crippen LogP contribution in [0.15, 0.2) is 42.5 Å². The first-order chi connectivity index (χ1) is 8.54. The van der Waals surface area contributed by atoms with E-state index in [1.165, 1.54) is 0 Å². The van der Waals surface area contributed by atoms with Crippen molar-refractivity contribution in [2.75, 3.05) is 0 Å². The van der Waals surface area contributed by atoms with Crippen LogP contribution >= 0.6 is 11.6 Å². The standard InChI is InChI=1S/C14H11ClF2O/c15-11-3-1-9(2-4-11)5-14(18)10-6-12(16)8-13(17)7-10/h1-4,6-8,14,18H,5H2. The lowest BCUT2D eigenvalue weighted by Gasteiger charge is -2.11. The third-order valence-electron chi connectivity index (χ3n) is 2.61. The molecule has 0 saturated heterocycles. The van der Waals surface area contributed by atoms with Gasteiger partial charge in [-0.1, -0.05) is 23.7 Å². The zero-order chi connectivity index (χ0) is 13.1. The molecule has 1 N–H and O–H groups in total. The highest BCUT2D eigenvalue weighted by molar-refractivity contribution is 6.30. The van der Waals surface area contributed by atoms with Gasteiger partial charge in [0.25, 0.3) is 0 Å². The fourth-order valence-electron chi connectivity index (χ4n) is 1.73. The van der Waals surface area contributed by atoms with Crippen LogP contribution in [0.2, 0.25) is 5.02 Å². The van der Waals surface area contributed by atoms with Crippen LogP contribution in [0.4, 0.5) is 8.78 Å². The van der Waals surface area contributed by atoms with Crippen molar-refractivity contribution in [1.29, 1.82) is 0 Å². The second-order valence-corrected chi connectivity index (χ2v) is 4.49. The van der Waals surface area contributed by atoms with Crippen LogP contribution in [0.25, 0.3) is 0 Å². The van der Waals surface area contributed by atoms with Gasteiger partial charge in [0.2, 0.25) is 0 Å². The van der Waals surface area contributed by atoms with E-state index >= 15 is 0 Å². The molecule has 2 aromatic rings. The molecule has 0 spiro atoms. The molecule has 0 heterocycles. The van der Waals surface area contributed by atoms with Gasteiger partial charge in [-0.15, -0.1) is 0 Å². The summed E-state index contributed by atoms with van der Waals surface area (Å²) in [6, 6.07) is 9.97. The minimum atomic E-state index is -0.948. The predicted molar refractivity (Wildman–Crippen MR) is 66.5 cm³/mol. The fraction of sp³-hybridized carbons (Fsp3) is 0.143. The van der Waals surface area contributed by atoms with Crippen molar-refractivity contribution in [3.8, 4) is 0 Å². The topological polar surface area (TPSA) is 20.2 Å². The minimum absolute atomic E-state index is 0.224. The number of benzene rings is 2. The molecule has 0 aliphatic carbocycles. The fourth-order valence-corrected chi connectivity index (χ4v) is 1.86. The molecule has 2 rings (SSSR count). The summed E-state index contributed by atoms with van der Waals surface area (Å²) in [5, 5.41) is 10.5. The van der Waals surface area contributed by atoms with Gasteiger partial charge in [-0.3, -0.25) is 0 Å². The van der Waals surface area contributed by atoms with Crippen molar-refractivity contribution < 1.29 is 13.9 Å². The van der Waals surface area contributed by atoms with Gasteiger partial charge in [0.1, 0.15) is 11.6 Å². The number of hydrogen-bond acceptors (Lipinski definition) is 1. The third kappa shape index (κ3) is 3.28. The molecule has 1 unspecified atom stereocenters. The molecule has 94 valence electrons. The number of hydrogen-bond donors (Lipinski definition) is 1. The third-order valence-corrected chi connectivity index (χ3v) is 2.86. The Morgan fingerprint density at radius 3 is 2.11 bits per heavy atom. The summed E-state index contributed by atoms with van der Waals surface area (Å²) in [5.74, 6) is -1.39. The molecule has 0 radical (unpaired) electrons. The zero-order valence-electron chi connectivity index (χ0n) is 9.41. The summed E-state index contributed by atoms with van der Waals surface area (Å²) < 4.78 is 26.0.